The Labute approximate surface area is 135 Å². The van der Waals surface area contributed by atoms with Gasteiger partial charge in [-0.05, 0) is 37.7 Å². The topological polar surface area (TPSA) is 84.9 Å². The van der Waals surface area contributed by atoms with E-state index >= 15 is 0 Å². The van der Waals surface area contributed by atoms with Gasteiger partial charge in [0.1, 0.15) is 12.6 Å². The van der Waals surface area contributed by atoms with Crippen molar-refractivity contribution < 1.29 is 24.2 Å². The summed E-state index contributed by atoms with van der Waals surface area (Å²) in [7, 11) is 1.65. The summed E-state index contributed by atoms with van der Waals surface area (Å²) in [6, 6.07) is 8.27. The van der Waals surface area contributed by atoms with E-state index in [1.165, 1.54) is 0 Å². The maximum absolute atomic E-state index is 11.8. The largest absolute Gasteiger partial charge is 0.480 e. The highest BCUT2D eigenvalue weighted by molar-refractivity contribution is 5.79. The van der Waals surface area contributed by atoms with Crippen molar-refractivity contribution >= 4 is 12.1 Å². The Kier molecular flexibility index (Phi) is 5.98. The van der Waals surface area contributed by atoms with Crippen molar-refractivity contribution in [3.8, 4) is 0 Å². The molecule has 1 aliphatic carbocycles. The molecule has 6 nitrogen and oxygen atoms in total. The Morgan fingerprint density at radius 3 is 2.52 bits per heavy atom. The summed E-state index contributed by atoms with van der Waals surface area (Å²) >= 11 is 0. The van der Waals surface area contributed by atoms with Crippen LogP contribution in [0, 0.1) is 0 Å². The van der Waals surface area contributed by atoms with Gasteiger partial charge in [-0.25, -0.2) is 9.59 Å². The number of amides is 1. The number of nitrogens with one attached hydrogen (secondary N) is 1. The van der Waals surface area contributed by atoms with Crippen molar-refractivity contribution in [2.24, 2.45) is 0 Å². The number of alkyl carbamates (subject to hydrolysis) is 1. The summed E-state index contributed by atoms with van der Waals surface area (Å²) in [5.41, 5.74) is 0.630. The van der Waals surface area contributed by atoms with Gasteiger partial charge in [-0.15, -0.1) is 0 Å². The second-order valence-electron chi connectivity index (χ2n) is 5.88. The third-order valence-corrected chi connectivity index (χ3v) is 4.39. The standard InChI is InChI=1S/C17H23NO5/c1-22-17(9-5-10-17)11-8-14(15(19)20)18-16(21)23-12-13-6-3-2-4-7-13/h2-4,6-7,14H,5,8-12H2,1H3,(H,18,21)(H,19,20). The Morgan fingerprint density at radius 2 is 2.00 bits per heavy atom. The number of rotatable bonds is 8. The summed E-state index contributed by atoms with van der Waals surface area (Å²) in [5.74, 6) is -1.06. The minimum absolute atomic E-state index is 0.112. The molecule has 1 fully saturated rings. The van der Waals surface area contributed by atoms with Crippen molar-refractivity contribution in [2.45, 2.75) is 50.4 Å². The predicted octanol–water partition coefficient (Wildman–Crippen LogP) is 2.72. The number of carboxylic acid groups (broad SMARTS) is 1. The SMILES string of the molecule is COC1(CCC(NC(=O)OCc2ccccc2)C(=O)O)CCC1. The molecule has 1 aliphatic rings. The fraction of sp³-hybridized carbons (Fsp3) is 0.529. The molecule has 0 spiro atoms. The average Bonchev–Trinajstić information content (AvgIpc) is 2.52. The number of carbonyl (C=O) groups excluding carboxylic acids is 1. The molecular weight excluding hydrogens is 298 g/mol. The van der Waals surface area contributed by atoms with E-state index in [0.29, 0.717) is 12.8 Å². The maximum atomic E-state index is 11.8. The van der Waals surface area contributed by atoms with Crippen molar-refractivity contribution in [1.29, 1.82) is 0 Å². The van der Waals surface area contributed by atoms with E-state index in [2.05, 4.69) is 5.32 Å². The van der Waals surface area contributed by atoms with E-state index in [1.54, 1.807) is 7.11 Å². The Morgan fingerprint density at radius 1 is 1.30 bits per heavy atom. The highest BCUT2D eigenvalue weighted by atomic mass is 16.5. The molecule has 1 aromatic rings. The molecule has 2 rings (SSSR count). The van der Waals surface area contributed by atoms with Crippen molar-refractivity contribution in [3.63, 3.8) is 0 Å². The average molecular weight is 321 g/mol. The monoisotopic (exact) mass is 321 g/mol. The van der Waals surface area contributed by atoms with Gasteiger partial charge in [0.15, 0.2) is 0 Å². The molecular formula is C17H23NO5. The van der Waals surface area contributed by atoms with Gasteiger partial charge < -0.3 is 19.9 Å². The van der Waals surface area contributed by atoms with Crippen LogP contribution in [-0.4, -0.2) is 35.9 Å². The number of hydrogen-bond donors (Lipinski definition) is 2. The molecule has 1 saturated carbocycles. The Balaban J connectivity index is 1.79. The molecule has 0 saturated heterocycles. The third kappa shape index (κ3) is 4.96. The molecule has 23 heavy (non-hydrogen) atoms. The number of methoxy groups -OCH3 is 1. The minimum Gasteiger partial charge on any atom is -0.480 e. The van der Waals surface area contributed by atoms with Gasteiger partial charge in [0.2, 0.25) is 0 Å². The summed E-state index contributed by atoms with van der Waals surface area (Å²) < 4.78 is 10.5. The molecule has 1 unspecified atom stereocenters. The lowest BCUT2D eigenvalue weighted by Crippen LogP contribution is -2.45. The number of hydrogen-bond acceptors (Lipinski definition) is 4. The lowest BCUT2D eigenvalue weighted by molar-refractivity contribution is -0.140. The molecule has 0 radical (unpaired) electrons. The number of carbonyl (C=O) groups is 2. The van der Waals surface area contributed by atoms with Crippen LogP contribution in [0.1, 0.15) is 37.7 Å². The minimum atomic E-state index is -1.06. The second kappa shape index (κ2) is 7.97. The third-order valence-electron chi connectivity index (χ3n) is 4.39. The van der Waals surface area contributed by atoms with Gasteiger partial charge >= 0.3 is 12.1 Å². The van der Waals surface area contributed by atoms with Gasteiger partial charge in [0.25, 0.3) is 0 Å². The summed E-state index contributed by atoms with van der Waals surface area (Å²) in [6.45, 7) is 0.112. The highest BCUT2D eigenvalue weighted by Gasteiger charge is 2.38. The fourth-order valence-corrected chi connectivity index (χ4v) is 2.70. The van der Waals surface area contributed by atoms with E-state index in [4.69, 9.17) is 9.47 Å². The van der Waals surface area contributed by atoms with E-state index in [0.717, 1.165) is 24.8 Å². The zero-order chi connectivity index (χ0) is 16.7. The van der Waals surface area contributed by atoms with Gasteiger partial charge in [-0.1, -0.05) is 30.3 Å². The van der Waals surface area contributed by atoms with Crippen LogP contribution < -0.4 is 5.32 Å². The van der Waals surface area contributed by atoms with Crippen LogP contribution in [0.4, 0.5) is 4.79 Å². The van der Waals surface area contributed by atoms with Crippen molar-refractivity contribution in [1.82, 2.24) is 5.32 Å². The Hall–Kier alpha value is -2.08. The van der Waals surface area contributed by atoms with Crippen LogP contribution in [0.5, 0.6) is 0 Å². The zero-order valence-corrected chi connectivity index (χ0v) is 13.3. The zero-order valence-electron chi connectivity index (χ0n) is 13.3. The smallest absolute Gasteiger partial charge is 0.408 e. The van der Waals surface area contributed by atoms with Crippen LogP contribution in [0.15, 0.2) is 30.3 Å². The number of carboxylic acids is 1. The highest BCUT2D eigenvalue weighted by Crippen LogP contribution is 2.39. The molecule has 126 valence electrons. The quantitative estimate of drug-likeness (QED) is 0.769. The summed E-state index contributed by atoms with van der Waals surface area (Å²) in [5, 5.41) is 11.7. The first-order valence-electron chi connectivity index (χ1n) is 7.80. The Bertz CT molecular complexity index is 522. The van der Waals surface area contributed by atoms with E-state index in [-0.39, 0.29) is 12.2 Å². The van der Waals surface area contributed by atoms with Gasteiger partial charge in [0.05, 0.1) is 5.60 Å². The summed E-state index contributed by atoms with van der Waals surface area (Å²) in [6.07, 6.45) is 3.19. The van der Waals surface area contributed by atoms with E-state index < -0.39 is 18.1 Å². The number of aliphatic carboxylic acids is 1. The molecule has 0 heterocycles. The first-order chi connectivity index (χ1) is 11.0. The second-order valence-corrected chi connectivity index (χ2v) is 5.88. The van der Waals surface area contributed by atoms with Crippen LogP contribution in [0.2, 0.25) is 0 Å². The number of benzene rings is 1. The lowest BCUT2D eigenvalue weighted by atomic mass is 9.76. The van der Waals surface area contributed by atoms with Crippen LogP contribution in [0.3, 0.4) is 0 Å². The van der Waals surface area contributed by atoms with Crippen molar-refractivity contribution in [3.05, 3.63) is 35.9 Å². The molecule has 2 N–H and O–H groups in total. The number of ether oxygens (including phenoxy) is 2. The van der Waals surface area contributed by atoms with Crippen molar-refractivity contribution in [2.75, 3.05) is 7.11 Å². The van der Waals surface area contributed by atoms with E-state index in [9.17, 15) is 14.7 Å². The first-order valence-corrected chi connectivity index (χ1v) is 7.80. The van der Waals surface area contributed by atoms with E-state index in [1.807, 2.05) is 30.3 Å². The van der Waals surface area contributed by atoms with Crippen LogP contribution in [-0.2, 0) is 20.9 Å². The normalized spacial score (nSPS) is 16.9. The molecule has 1 atom stereocenters. The molecule has 0 aliphatic heterocycles. The first kappa shape index (κ1) is 17.3. The lowest BCUT2D eigenvalue weighted by Gasteiger charge is -2.41. The van der Waals surface area contributed by atoms with Crippen LogP contribution >= 0.6 is 0 Å². The molecule has 1 aromatic carbocycles. The van der Waals surface area contributed by atoms with Gasteiger partial charge in [-0.2, -0.15) is 0 Å². The molecule has 6 heteroatoms. The molecule has 1 amide bonds. The fourth-order valence-electron chi connectivity index (χ4n) is 2.70. The molecule has 0 aromatic heterocycles. The summed E-state index contributed by atoms with van der Waals surface area (Å²) in [4.78, 5) is 23.1. The maximum Gasteiger partial charge on any atom is 0.408 e. The molecule has 0 bridgehead atoms. The van der Waals surface area contributed by atoms with Crippen LogP contribution in [0.25, 0.3) is 0 Å². The van der Waals surface area contributed by atoms with Gasteiger partial charge in [-0.3, -0.25) is 0 Å². The predicted molar refractivity (Wildman–Crippen MR) is 84.0 cm³/mol. The van der Waals surface area contributed by atoms with Gasteiger partial charge in [0, 0.05) is 7.11 Å².